The van der Waals surface area contributed by atoms with Gasteiger partial charge in [0.1, 0.15) is 0 Å². The summed E-state index contributed by atoms with van der Waals surface area (Å²) >= 11 is 0. The molecule has 0 amide bonds. The largest absolute Gasteiger partial charge is 0.401 e. The van der Waals surface area contributed by atoms with Crippen LogP contribution in [0, 0.1) is 5.92 Å². The predicted molar refractivity (Wildman–Crippen MR) is 126 cm³/mol. The molecule has 182 valence electrons. The molecule has 0 saturated carbocycles. The molecule has 3 rings (SSSR count). The fraction of sp³-hybridized carbons (Fsp3) is 0.952. The van der Waals surface area contributed by atoms with Crippen LogP contribution in [0.4, 0.5) is 13.2 Å². The minimum atomic E-state index is -4.12. The van der Waals surface area contributed by atoms with Crippen molar-refractivity contribution in [2.75, 3.05) is 59.0 Å². The zero-order valence-corrected chi connectivity index (χ0v) is 20.9. The Morgan fingerprint density at radius 3 is 2.55 bits per heavy atom. The number of ether oxygens (including phenoxy) is 2. The molecule has 2 unspecified atom stereocenters. The molecule has 3 aliphatic rings. The van der Waals surface area contributed by atoms with Gasteiger partial charge in [0, 0.05) is 39.3 Å². The number of halogens is 4. The first-order chi connectivity index (χ1) is 14.4. The van der Waals surface area contributed by atoms with Crippen LogP contribution < -0.4 is 5.32 Å². The first kappa shape index (κ1) is 26.9. The fourth-order valence-electron chi connectivity index (χ4n) is 4.52. The molecule has 0 aromatic rings. The molecule has 0 radical (unpaired) electrons. The number of guanidine groups is 1. The average molecular weight is 562 g/mol. The second-order valence-corrected chi connectivity index (χ2v) is 8.71. The van der Waals surface area contributed by atoms with Gasteiger partial charge >= 0.3 is 6.18 Å². The highest BCUT2D eigenvalue weighted by atomic mass is 127. The van der Waals surface area contributed by atoms with Gasteiger partial charge in [-0.25, -0.2) is 0 Å². The summed E-state index contributed by atoms with van der Waals surface area (Å²) in [6.45, 7) is 6.86. The van der Waals surface area contributed by atoms with Crippen molar-refractivity contribution < 1.29 is 22.6 Å². The van der Waals surface area contributed by atoms with Gasteiger partial charge in [0.05, 0.1) is 25.4 Å². The molecule has 2 atom stereocenters. The number of likely N-dealkylation sites (tertiary alicyclic amines) is 2. The van der Waals surface area contributed by atoms with E-state index < -0.39 is 12.7 Å². The van der Waals surface area contributed by atoms with Crippen molar-refractivity contribution in [3.8, 4) is 0 Å². The van der Waals surface area contributed by atoms with Crippen LogP contribution in [0.5, 0.6) is 0 Å². The third-order valence-corrected chi connectivity index (χ3v) is 6.14. The van der Waals surface area contributed by atoms with E-state index in [0.717, 1.165) is 64.3 Å². The number of piperidine rings is 1. The topological polar surface area (TPSA) is 49.3 Å². The molecule has 10 heteroatoms. The Bertz CT molecular complexity index is 539. The van der Waals surface area contributed by atoms with Crippen LogP contribution in [-0.2, 0) is 9.47 Å². The Kier molecular flexibility index (Phi) is 11.6. The van der Waals surface area contributed by atoms with Crippen LogP contribution in [0.2, 0.25) is 0 Å². The molecule has 31 heavy (non-hydrogen) atoms. The fourth-order valence-corrected chi connectivity index (χ4v) is 4.52. The van der Waals surface area contributed by atoms with Crippen LogP contribution >= 0.6 is 24.0 Å². The second kappa shape index (κ2) is 13.4. The van der Waals surface area contributed by atoms with Gasteiger partial charge in [-0.05, 0) is 57.9 Å². The Labute approximate surface area is 201 Å². The van der Waals surface area contributed by atoms with E-state index in [1.807, 2.05) is 6.92 Å². The Balaban J connectivity index is 0.00000341. The molecule has 1 N–H and O–H groups in total. The summed E-state index contributed by atoms with van der Waals surface area (Å²) in [5.74, 6) is 1.07. The number of nitrogens with zero attached hydrogens (tertiary/aromatic N) is 3. The van der Waals surface area contributed by atoms with Gasteiger partial charge in [0.25, 0.3) is 0 Å². The maximum Gasteiger partial charge on any atom is 0.401 e. The van der Waals surface area contributed by atoms with Gasteiger partial charge in [-0.3, -0.25) is 9.89 Å². The number of nitrogens with one attached hydrogen (secondary N) is 1. The van der Waals surface area contributed by atoms with E-state index in [2.05, 4.69) is 10.2 Å². The SMILES string of the molecule is CCNC(=NCC1CCN(CC(F)(F)F)C1)N1CCC(OCC2CCCCO2)CC1.I. The van der Waals surface area contributed by atoms with E-state index in [9.17, 15) is 13.2 Å². The van der Waals surface area contributed by atoms with E-state index in [1.165, 1.54) is 11.3 Å². The monoisotopic (exact) mass is 562 g/mol. The van der Waals surface area contributed by atoms with E-state index in [1.54, 1.807) is 0 Å². The van der Waals surface area contributed by atoms with E-state index in [0.29, 0.717) is 26.2 Å². The van der Waals surface area contributed by atoms with Gasteiger partial charge in [0.2, 0.25) is 0 Å². The van der Waals surface area contributed by atoms with Crippen molar-refractivity contribution in [2.45, 2.75) is 63.8 Å². The van der Waals surface area contributed by atoms with E-state index in [-0.39, 0.29) is 42.1 Å². The number of alkyl halides is 3. The van der Waals surface area contributed by atoms with Crippen LogP contribution in [-0.4, -0.2) is 93.2 Å². The number of aliphatic imine (C=N–C) groups is 1. The summed E-state index contributed by atoms with van der Waals surface area (Å²) in [6, 6.07) is 0. The van der Waals surface area contributed by atoms with Gasteiger partial charge in [0.15, 0.2) is 5.96 Å². The first-order valence-electron chi connectivity index (χ1n) is 11.5. The van der Waals surface area contributed by atoms with Gasteiger partial charge in [-0.15, -0.1) is 24.0 Å². The van der Waals surface area contributed by atoms with Crippen molar-refractivity contribution in [3.05, 3.63) is 0 Å². The molecule has 0 aromatic heterocycles. The highest BCUT2D eigenvalue weighted by Gasteiger charge is 2.34. The van der Waals surface area contributed by atoms with Crippen molar-refractivity contribution in [3.63, 3.8) is 0 Å². The van der Waals surface area contributed by atoms with Gasteiger partial charge in [-0.2, -0.15) is 13.2 Å². The maximum absolute atomic E-state index is 12.6. The molecule has 0 aromatic carbocycles. The van der Waals surface area contributed by atoms with Gasteiger partial charge in [-0.1, -0.05) is 0 Å². The molecule has 3 heterocycles. The minimum Gasteiger partial charge on any atom is -0.376 e. The zero-order chi connectivity index (χ0) is 21.4. The number of hydrogen-bond acceptors (Lipinski definition) is 4. The van der Waals surface area contributed by atoms with Crippen molar-refractivity contribution >= 4 is 29.9 Å². The minimum absolute atomic E-state index is 0. The summed E-state index contributed by atoms with van der Waals surface area (Å²) in [7, 11) is 0. The summed E-state index contributed by atoms with van der Waals surface area (Å²) in [6.07, 6.45) is 2.56. The van der Waals surface area contributed by atoms with Crippen molar-refractivity contribution in [2.24, 2.45) is 10.9 Å². The molecule has 0 spiro atoms. The van der Waals surface area contributed by atoms with Crippen LogP contribution in [0.25, 0.3) is 0 Å². The van der Waals surface area contributed by atoms with Crippen LogP contribution in [0.3, 0.4) is 0 Å². The molecule has 0 bridgehead atoms. The molecule has 0 aliphatic carbocycles. The third kappa shape index (κ3) is 9.59. The quantitative estimate of drug-likeness (QED) is 0.293. The normalized spacial score (nSPS) is 26.7. The Morgan fingerprint density at radius 1 is 1.13 bits per heavy atom. The first-order valence-corrected chi connectivity index (χ1v) is 11.5. The molecule has 3 fully saturated rings. The van der Waals surface area contributed by atoms with Gasteiger partial charge < -0.3 is 19.7 Å². The lowest BCUT2D eigenvalue weighted by Gasteiger charge is -2.35. The Hall–Kier alpha value is -0.330. The summed E-state index contributed by atoms with van der Waals surface area (Å²) < 4.78 is 49.6. The van der Waals surface area contributed by atoms with E-state index >= 15 is 0 Å². The van der Waals surface area contributed by atoms with Crippen LogP contribution in [0.1, 0.15) is 45.4 Å². The second-order valence-electron chi connectivity index (χ2n) is 8.71. The lowest BCUT2D eigenvalue weighted by atomic mass is 10.1. The summed E-state index contributed by atoms with van der Waals surface area (Å²) in [4.78, 5) is 8.50. The average Bonchev–Trinajstić information content (AvgIpc) is 3.16. The van der Waals surface area contributed by atoms with E-state index in [4.69, 9.17) is 14.5 Å². The highest BCUT2D eigenvalue weighted by Crippen LogP contribution is 2.23. The standard InChI is InChI=1S/C21H37F3N4O2.HI/c1-2-25-20(26-13-17-6-9-27(14-17)16-21(22,23)24)28-10-7-18(8-11-28)30-15-19-5-3-4-12-29-19;/h17-19H,2-16H2,1H3,(H,25,26);1H. The smallest absolute Gasteiger partial charge is 0.376 e. The summed E-state index contributed by atoms with van der Waals surface area (Å²) in [5, 5.41) is 3.35. The molecule has 3 aliphatic heterocycles. The molecule has 6 nitrogen and oxygen atoms in total. The third-order valence-electron chi connectivity index (χ3n) is 6.14. The van der Waals surface area contributed by atoms with Crippen molar-refractivity contribution in [1.29, 1.82) is 0 Å². The summed E-state index contributed by atoms with van der Waals surface area (Å²) in [5.41, 5.74) is 0. The van der Waals surface area contributed by atoms with Crippen molar-refractivity contribution in [1.82, 2.24) is 15.1 Å². The Morgan fingerprint density at radius 2 is 1.90 bits per heavy atom. The maximum atomic E-state index is 12.6. The zero-order valence-electron chi connectivity index (χ0n) is 18.5. The van der Waals surface area contributed by atoms with Crippen LogP contribution in [0.15, 0.2) is 4.99 Å². The number of hydrogen-bond donors (Lipinski definition) is 1. The number of rotatable bonds is 7. The molecule has 3 saturated heterocycles. The lowest BCUT2D eigenvalue weighted by Crippen LogP contribution is -2.47. The molecular formula is C21H38F3IN4O2. The lowest BCUT2D eigenvalue weighted by molar-refractivity contribution is -0.143. The molecular weight excluding hydrogens is 524 g/mol. The predicted octanol–water partition coefficient (Wildman–Crippen LogP) is 3.50. The highest BCUT2D eigenvalue weighted by molar-refractivity contribution is 14.0.